The Labute approximate surface area is 153 Å². The molecule has 3 aromatic rings. The third-order valence-corrected chi connectivity index (χ3v) is 4.81. The highest BCUT2D eigenvalue weighted by molar-refractivity contribution is 7.15. The average molecular weight is 374 g/mol. The van der Waals surface area contributed by atoms with E-state index in [2.05, 4.69) is 10.3 Å². The molecule has 3 rings (SSSR count). The Hall–Kier alpha value is -2.87. The summed E-state index contributed by atoms with van der Waals surface area (Å²) in [6.45, 7) is 3.67. The number of hydrogen-bond donors (Lipinski definition) is 1. The quantitative estimate of drug-likeness (QED) is 0.690. The van der Waals surface area contributed by atoms with E-state index in [1.165, 1.54) is 25.6 Å². The Morgan fingerprint density at radius 2 is 2.04 bits per heavy atom. The van der Waals surface area contributed by atoms with Crippen molar-refractivity contribution in [2.45, 2.75) is 20.3 Å². The minimum atomic E-state index is -0.559. The molecule has 0 atom stereocenters. The molecule has 2 heterocycles. The zero-order valence-electron chi connectivity index (χ0n) is 14.8. The van der Waals surface area contributed by atoms with Crippen molar-refractivity contribution in [2.75, 3.05) is 19.5 Å². The van der Waals surface area contributed by atoms with Crippen molar-refractivity contribution in [3.8, 4) is 11.5 Å². The molecule has 1 aromatic carbocycles. The highest BCUT2D eigenvalue weighted by Crippen LogP contribution is 2.33. The molecular formula is C18H18N2O5S. The van der Waals surface area contributed by atoms with Crippen molar-refractivity contribution in [1.29, 1.82) is 0 Å². The van der Waals surface area contributed by atoms with Gasteiger partial charge in [-0.3, -0.25) is 4.79 Å². The molecule has 0 aliphatic rings. The van der Waals surface area contributed by atoms with E-state index >= 15 is 0 Å². The summed E-state index contributed by atoms with van der Waals surface area (Å²) >= 11 is 1.37. The van der Waals surface area contributed by atoms with Crippen LogP contribution in [0.1, 0.15) is 16.0 Å². The van der Waals surface area contributed by atoms with Crippen molar-refractivity contribution in [3.63, 3.8) is 0 Å². The summed E-state index contributed by atoms with van der Waals surface area (Å²) in [5, 5.41) is 3.83. The molecule has 7 nitrogen and oxygen atoms in total. The Morgan fingerprint density at radius 3 is 2.65 bits per heavy atom. The van der Waals surface area contributed by atoms with Gasteiger partial charge in [-0.2, -0.15) is 0 Å². The molecule has 0 unspecified atom stereocenters. The Kier molecular flexibility index (Phi) is 4.94. The first-order valence-electron chi connectivity index (χ1n) is 7.83. The van der Waals surface area contributed by atoms with Gasteiger partial charge in [-0.25, -0.2) is 9.78 Å². The number of fused-ring (bicyclic) bond motifs is 1. The van der Waals surface area contributed by atoms with E-state index in [1.54, 1.807) is 25.3 Å². The van der Waals surface area contributed by atoms with Crippen LogP contribution in [0.5, 0.6) is 11.5 Å². The van der Waals surface area contributed by atoms with E-state index in [9.17, 15) is 9.59 Å². The van der Waals surface area contributed by atoms with E-state index < -0.39 is 5.63 Å². The van der Waals surface area contributed by atoms with Gasteiger partial charge in [-0.05, 0) is 19.4 Å². The number of carbonyl (C=O) groups excluding carboxylic acids is 1. The summed E-state index contributed by atoms with van der Waals surface area (Å²) in [7, 11) is 3.04. The van der Waals surface area contributed by atoms with Crippen LogP contribution in [0.4, 0.5) is 5.13 Å². The number of nitrogens with one attached hydrogen (secondary N) is 1. The van der Waals surface area contributed by atoms with Crippen LogP contribution < -0.4 is 20.4 Å². The normalized spacial score (nSPS) is 10.8. The lowest BCUT2D eigenvalue weighted by molar-refractivity contribution is -0.115. The van der Waals surface area contributed by atoms with Crippen molar-refractivity contribution < 1.29 is 18.7 Å². The zero-order valence-corrected chi connectivity index (χ0v) is 15.7. The molecule has 0 aliphatic carbocycles. The topological polar surface area (TPSA) is 90.7 Å². The zero-order chi connectivity index (χ0) is 18.8. The van der Waals surface area contributed by atoms with Gasteiger partial charge in [0.1, 0.15) is 17.1 Å². The lowest BCUT2D eigenvalue weighted by Gasteiger charge is -2.12. The number of rotatable bonds is 5. The summed E-state index contributed by atoms with van der Waals surface area (Å²) in [6.07, 6.45) is 1.56. The first-order chi connectivity index (χ1) is 12.4. The minimum absolute atomic E-state index is 0.113. The number of methoxy groups -OCH3 is 2. The number of carbonyl (C=O) groups is 1. The van der Waals surface area contributed by atoms with Gasteiger partial charge >= 0.3 is 5.63 Å². The average Bonchev–Trinajstić information content (AvgIpc) is 3.01. The fraction of sp³-hybridized carbons (Fsp3) is 0.278. The standard InChI is InChI=1S/C18H18N2O5S/c1-9-8-19-18(26-9)20-15(21)7-12-10(2)16-13(24-4)5-11(23-3)6-14(16)25-17(12)22/h5-6,8H,7H2,1-4H3,(H,19,20,21). The van der Waals surface area contributed by atoms with Crippen molar-refractivity contribution >= 4 is 33.3 Å². The van der Waals surface area contributed by atoms with Gasteiger partial charge in [0.25, 0.3) is 0 Å². The van der Waals surface area contributed by atoms with Gasteiger partial charge in [0.15, 0.2) is 5.13 Å². The van der Waals surface area contributed by atoms with Crippen molar-refractivity contribution in [2.24, 2.45) is 0 Å². The number of amides is 1. The third kappa shape index (κ3) is 3.41. The second-order valence-electron chi connectivity index (χ2n) is 5.70. The number of anilines is 1. The predicted octanol–water partition coefficient (Wildman–Crippen LogP) is 3.06. The number of nitrogens with zero attached hydrogens (tertiary/aromatic N) is 1. The fourth-order valence-corrected chi connectivity index (χ4v) is 3.38. The van der Waals surface area contributed by atoms with Crippen LogP contribution >= 0.6 is 11.3 Å². The third-order valence-electron chi connectivity index (χ3n) is 3.98. The second-order valence-corrected chi connectivity index (χ2v) is 6.93. The molecule has 1 N–H and O–H groups in total. The van der Waals surface area contributed by atoms with E-state index in [0.29, 0.717) is 33.2 Å². The summed E-state index contributed by atoms with van der Waals surface area (Å²) in [5.41, 5.74) is 0.715. The van der Waals surface area contributed by atoms with Crippen molar-refractivity contribution in [3.05, 3.63) is 44.8 Å². The number of hydrogen-bond acceptors (Lipinski definition) is 7. The Morgan fingerprint density at radius 1 is 1.27 bits per heavy atom. The van der Waals surface area contributed by atoms with Crippen LogP contribution in [0.3, 0.4) is 0 Å². The monoisotopic (exact) mass is 374 g/mol. The number of aryl methyl sites for hydroxylation is 2. The molecule has 8 heteroatoms. The Balaban J connectivity index is 2.00. The molecule has 26 heavy (non-hydrogen) atoms. The van der Waals surface area contributed by atoms with Crippen LogP contribution in [0.2, 0.25) is 0 Å². The SMILES string of the molecule is COc1cc(OC)c2c(C)c(CC(=O)Nc3ncc(C)s3)c(=O)oc2c1. The number of ether oxygens (including phenoxy) is 2. The van der Waals surface area contributed by atoms with Crippen LogP contribution in [0.25, 0.3) is 11.0 Å². The molecule has 0 saturated heterocycles. The van der Waals surface area contributed by atoms with Gasteiger partial charge in [0.2, 0.25) is 5.91 Å². The van der Waals surface area contributed by atoms with Gasteiger partial charge in [-0.15, -0.1) is 11.3 Å². The molecular weight excluding hydrogens is 356 g/mol. The van der Waals surface area contributed by atoms with Gasteiger partial charge < -0.3 is 19.2 Å². The van der Waals surface area contributed by atoms with E-state index in [1.807, 2.05) is 6.92 Å². The van der Waals surface area contributed by atoms with E-state index in [4.69, 9.17) is 13.9 Å². The first kappa shape index (κ1) is 17.9. The van der Waals surface area contributed by atoms with Gasteiger partial charge in [-0.1, -0.05) is 0 Å². The summed E-state index contributed by atoms with van der Waals surface area (Å²) < 4.78 is 16.0. The lowest BCUT2D eigenvalue weighted by atomic mass is 10.0. The molecule has 0 fully saturated rings. The molecule has 0 bridgehead atoms. The highest BCUT2D eigenvalue weighted by atomic mass is 32.1. The highest BCUT2D eigenvalue weighted by Gasteiger charge is 2.19. The van der Waals surface area contributed by atoms with Gasteiger partial charge in [0.05, 0.1) is 31.6 Å². The van der Waals surface area contributed by atoms with Crippen LogP contribution in [0, 0.1) is 13.8 Å². The van der Waals surface area contributed by atoms with Crippen LogP contribution in [-0.4, -0.2) is 25.1 Å². The summed E-state index contributed by atoms with van der Waals surface area (Å²) in [5.74, 6) is 0.695. The Bertz CT molecular complexity index is 1040. The molecule has 1 amide bonds. The molecule has 0 spiro atoms. The lowest BCUT2D eigenvalue weighted by Crippen LogP contribution is -2.20. The summed E-state index contributed by atoms with van der Waals surface area (Å²) in [4.78, 5) is 29.8. The summed E-state index contributed by atoms with van der Waals surface area (Å²) in [6, 6.07) is 3.33. The maximum absolute atomic E-state index is 12.4. The van der Waals surface area contributed by atoms with Crippen LogP contribution in [0.15, 0.2) is 27.5 Å². The number of aromatic nitrogens is 1. The maximum atomic E-state index is 12.4. The predicted molar refractivity (Wildman–Crippen MR) is 99.5 cm³/mol. The minimum Gasteiger partial charge on any atom is -0.496 e. The van der Waals surface area contributed by atoms with E-state index in [0.717, 1.165) is 4.88 Å². The largest absolute Gasteiger partial charge is 0.496 e. The smallest absolute Gasteiger partial charge is 0.340 e. The van der Waals surface area contributed by atoms with Gasteiger partial charge in [0, 0.05) is 23.2 Å². The maximum Gasteiger partial charge on any atom is 0.340 e. The molecule has 2 aromatic heterocycles. The molecule has 136 valence electrons. The number of benzene rings is 1. The first-order valence-corrected chi connectivity index (χ1v) is 8.65. The second kappa shape index (κ2) is 7.17. The fourth-order valence-electron chi connectivity index (χ4n) is 2.70. The van der Waals surface area contributed by atoms with Crippen molar-refractivity contribution in [1.82, 2.24) is 4.98 Å². The van der Waals surface area contributed by atoms with Crippen LogP contribution in [-0.2, 0) is 11.2 Å². The number of thiazole rings is 1. The molecule has 0 aliphatic heterocycles. The molecule has 0 radical (unpaired) electrons. The van der Waals surface area contributed by atoms with E-state index in [-0.39, 0.29) is 17.9 Å². The molecule has 0 saturated carbocycles.